The van der Waals surface area contributed by atoms with E-state index in [1.807, 2.05) is 0 Å². The first-order valence-corrected chi connectivity index (χ1v) is 8.73. The predicted octanol–water partition coefficient (Wildman–Crippen LogP) is 2.84. The molecule has 0 spiro atoms. The Morgan fingerprint density at radius 2 is 1.79 bits per heavy atom. The predicted molar refractivity (Wildman–Crippen MR) is 105 cm³/mol. The van der Waals surface area contributed by atoms with Gasteiger partial charge in [-0.15, -0.1) is 24.8 Å². The van der Waals surface area contributed by atoms with Crippen LogP contribution >= 0.6 is 24.8 Å². The van der Waals surface area contributed by atoms with Gasteiger partial charge in [-0.05, 0) is 38.8 Å². The standard InChI is InChI=1S/C17H29N5.2ClH/c1-21(8-9-22-6-4-2-3-5-7-22)17-12-16(19-13-20-17)14-10-15(18)11-14;;/h12-15H,2-11,18H2,1H3;2*1H. The van der Waals surface area contributed by atoms with Crippen molar-refractivity contribution in [2.24, 2.45) is 5.73 Å². The zero-order chi connectivity index (χ0) is 15.4. The number of anilines is 1. The molecule has 2 aliphatic rings. The lowest BCUT2D eigenvalue weighted by Crippen LogP contribution is -2.36. The highest BCUT2D eigenvalue weighted by molar-refractivity contribution is 5.85. The molecule has 0 atom stereocenters. The van der Waals surface area contributed by atoms with E-state index < -0.39 is 0 Å². The van der Waals surface area contributed by atoms with Gasteiger partial charge in [-0.3, -0.25) is 0 Å². The van der Waals surface area contributed by atoms with E-state index in [9.17, 15) is 0 Å². The van der Waals surface area contributed by atoms with Gasteiger partial charge in [0.2, 0.25) is 0 Å². The molecule has 7 heteroatoms. The molecule has 0 radical (unpaired) electrons. The van der Waals surface area contributed by atoms with Gasteiger partial charge in [0.05, 0.1) is 0 Å². The summed E-state index contributed by atoms with van der Waals surface area (Å²) in [7, 11) is 2.14. The Bertz CT molecular complexity index is 474. The van der Waals surface area contributed by atoms with Crippen LogP contribution in [0.2, 0.25) is 0 Å². The lowest BCUT2D eigenvalue weighted by Gasteiger charge is -2.32. The Morgan fingerprint density at radius 1 is 1.12 bits per heavy atom. The van der Waals surface area contributed by atoms with Crippen LogP contribution in [0, 0.1) is 0 Å². The van der Waals surface area contributed by atoms with Crippen LogP contribution in [0.15, 0.2) is 12.4 Å². The van der Waals surface area contributed by atoms with Gasteiger partial charge in [0.25, 0.3) is 0 Å². The number of aromatic nitrogens is 2. The number of hydrogen-bond acceptors (Lipinski definition) is 5. The van der Waals surface area contributed by atoms with Crippen molar-refractivity contribution in [1.29, 1.82) is 0 Å². The average Bonchev–Trinajstić information content (AvgIpc) is 2.78. The summed E-state index contributed by atoms with van der Waals surface area (Å²) in [6, 6.07) is 2.52. The maximum Gasteiger partial charge on any atom is 0.131 e. The summed E-state index contributed by atoms with van der Waals surface area (Å²) in [5, 5.41) is 0. The van der Waals surface area contributed by atoms with E-state index in [4.69, 9.17) is 5.73 Å². The molecule has 0 amide bonds. The highest BCUT2D eigenvalue weighted by Gasteiger charge is 2.28. The van der Waals surface area contributed by atoms with Gasteiger partial charge < -0.3 is 15.5 Å². The molecular formula is C17H31Cl2N5. The monoisotopic (exact) mass is 375 g/mol. The normalized spacial score (nSPS) is 24.1. The summed E-state index contributed by atoms with van der Waals surface area (Å²) in [6.07, 6.45) is 9.32. The quantitative estimate of drug-likeness (QED) is 0.857. The molecule has 1 saturated heterocycles. The summed E-state index contributed by atoms with van der Waals surface area (Å²) in [5.74, 6) is 1.58. The Labute approximate surface area is 158 Å². The van der Waals surface area contributed by atoms with Crippen LogP contribution in [0.1, 0.15) is 50.1 Å². The lowest BCUT2D eigenvalue weighted by atomic mass is 9.78. The van der Waals surface area contributed by atoms with E-state index in [1.54, 1.807) is 6.33 Å². The third-order valence-electron chi connectivity index (χ3n) is 5.11. The maximum absolute atomic E-state index is 5.89. The van der Waals surface area contributed by atoms with Gasteiger partial charge in [-0.2, -0.15) is 0 Å². The van der Waals surface area contributed by atoms with Gasteiger partial charge in [-0.25, -0.2) is 9.97 Å². The second-order valence-electron chi connectivity index (χ2n) is 6.91. The minimum Gasteiger partial charge on any atom is -0.358 e. The molecular weight excluding hydrogens is 345 g/mol. The van der Waals surface area contributed by atoms with Gasteiger partial charge in [-0.1, -0.05) is 12.8 Å². The van der Waals surface area contributed by atoms with Gasteiger partial charge in [0, 0.05) is 43.9 Å². The Hall–Kier alpha value is -0.620. The van der Waals surface area contributed by atoms with Crippen LogP contribution in [0.5, 0.6) is 0 Å². The van der Waals surface area contributed by atoms with Crippen molar-refractivity contribution in [1.82, 2.24) is 14.9 Å². The van der Waals surface area contributed by atoms with E-state index in [0.29, 0.717) is 12.0 Å². The van der Waals surface area contributed by atoms with Gasteiger partial charge in [0.1, 0.15) is 12.1 Å². The van der Waals surface area contributed by atoms with E-state index in [1.165, 1.54) is 38.8 Å². The lowest BCUT2D eigenvalue weighted by molar-refractivity contribution is 0.291. The zero-order valence-corrected chi connectivity index (χ0v) is 16.2. The molecule has 1 aliphatic heterocycles. The average molecular weight is 376 g/mol. The molecule has 1 aliphatic carbocycles. The van der Waals surface area contributed by atoms with Gasteiger partial charge >= 0.3 is 0 Å². The van der Waals surface area contributed by atoms with Crippen molar-refractivity contribution in [2.45, 2.75) is 50.5 Å². The molecule has 2 heterocycles. The van der Waals surface area contributed by atoms with Crippen LogP contribution in [0.25, 0.3) is 0 Å². The summed E-state index contributed by atoms with van der Waals surface area (Å²) in [6.45, 7) is 4.66. The first-order chi connectivity index (χ1) is 10.7. The van der Waals surface area contributed by atoms with E-state index in [2.05, 4.69) is 32.9 Å². The van der Waals surface area contributed by atoms with Crippen LogP contribution in [0.3, 0.4) is 0 Å². The number of likely N-dealkylation sites (tertiary alicyclic amines) is 1. The molecule has 0 aromatic carbocycles. The highest BCUT2D eigenvalue weighted by atomic mass is 35.5. The minimum absolute atomic E-state index is 0. The van der Waals surface area contributed by atoms with Gasteiger partial charge in [0.15, 0.2) is 0 Å². The van der Waals surface area contributed by atoms with Crippen molar-refractivity contribution in [3.05, 3.63) is 18.1 Å². The summed E-state index contributed by atoms with van der Waals surface area (Å²) in [5.41, 5.74) is 7.05. The van der Waals surface area contributed by atoms with Crippen molar-refractivity contribution in [3.63, 3.8) is 0 Å². The first kappa shape index (κ1) is 21.4. The fourth-order valence-electron chi connectivity index (χ4n) is 3.46. The van der Waals surface area contributed by atoms with E-state index in [0.717, 1.165) is 37.4 Å². The smallest absolute Gasteiger partial charge is 0.131 e. The van der Waals surface area contributed by atoms with Crippen molar-refractivity contribution in [3.8, 4) is 0 Å². The molecule has 5 nitrogen and oxygen atoms in total. The molecule has 138 valence electrons. The molecule has 1 aromatic heterocycles. The fraction of sp³-hybridized carbons (Fsp3) is 0.765. The first-order valence-electron chi connectivity index (χ1n) is 8.73. The second-order valence-corrected chi connectivity index (χ2v) is 6.91. The molecule has 1 aromatic rings. The topological polar surface area (TPSA) is 58.3 Å². The third kappa shape index (κ3) is 5.73. The number of halogens is 2. The van der Waals surface area contributed by atoms with Crippen LogP contribution < -0.4 is 10.6 Å². The second kappa shape index (κ2) is 10.4. The molecule has 1 saturated carbocycles. The SMILES string of the molecule is CN(CCN1CCCCCC1)c1cc(C2CC(N)C2)ncn1.Cl.Cl. The molecule has 24 heavy (non-hydrogen) atoms. The number of likely N-dealkylation sites (N-methyl/N-ethyl adjacent to an activating group) is 1. The maximum atomic E-state index is 5.89. The van der Waals surface area contributed by atoms with Crippen molar-refractivity contribution < 1.29 is 0 Å². The Balaban J connectivity index is 0.00000144. The van der Waals surface area contributed by atoms with Crippen LogP contribution in [-0.2, 0) is 0 Å². The largest absolute Gasteiger partial charge is 0.358 e. The zero-order valence-electron chi connectivity index (χ0n) is 14.6. The van der Waals surface area contributed by atoms with Crippen LogP contribution in [0.4, 0.5) is 5.82 Å². The fourth-order valence-corrected chi connectivity index (χ4v) is 3.46. The molecule has 2 N–H and O–H groups in total. The van der Waals surface area contributed by atoms with E-state index >= 15 is 0 Å². The Kier molecular flexibility index (Phi) is 9.27. The number of rotatable bonds is 5. The van der Waals surface area contributed by atoms with Crippen molar-refractivity contribution >= 4 is 30.6 Å². The molecule has 3 rings (SSSR count). The van der Waals surface area contributed by atoms with Crippen LogP contribution in [-0.4, -0.2) is 54.1 Å². The Morgan fingerprint density at radius 3 is 2.42 bits per heavy atom. The molecule has 0 bridgehead atoms. The minimum atomic E-state index is 0. The number of nitrogens with two attached hydrogens (primary N) is 1. The highest BCUT2D eigenvalue weighted by Crippen LogP contribution is 2.35. The molecule has 2 fully saturated rings. The van der Waals surface area contributed by atoms with E-state index in [-0.39, 0.29) is 24.8 Å². The summed E-state index contributed by atoms with van der Waals surface area (Å²) < 4.78 is 0. The summed E-state index contributed by atoms with van der Waals surface area (Å²) >= 11 is 0. The number of hydrogen-bond donors (Lipinski definition) is 1. The third-order valence-corrected chi connectivity index (χ3v) is 5.11. The number of nitrogens with zero attached hydrogens (tertiary/aromatic N) is 4. The molecule has 0 unspecified atom stereocenters. The summed E-state index contributed by atoms with van der Waals surface area (Å²) in [4.78, 5) is 13.7. The van der Waals surface area contributed by atoms with Crippen molar-refractivity contribution in [2.75, 3.05) is 38.1 Å².